The molecule has 0 aliphatic heterocycles. The van der Waals surface area contributed by atoms with Crippen LogP contribution in [0.25, 0.3) is 0 Å². The SMILES string of the molecule is Cc1oc(CNC(=O)N(C)CCN(C)C)cc1C(=O)O. The molecule has 0 saturated carbocycles. The van der Waals surface area contributed by atoms with E-state index in [1.54, 1.807) is 18.9 Å². The predicted octanol–water partition coefficient (Wildman–Crippen LogP) is 0.989. The van der Waals surface area contributed by atoms with E-state index in [0.717, 1.165) is 6.54 Å². The number of urea groups is 1. The third-order valence-corrected chi connectivity index (χ3v) is 2.84. The van der Waals surface area contributed by atoms with Gasteiger partial charge in [-0.25, -0.2) is 9.59 Å². The number of rotatable bonds is 6. The Morgan fingerprint density at radius 3 is 2.45 bits per heavy atom. The number of likely N-dealkylation sites (N-methyl/N-ethyl adjacent to an activating group) is 2. The summed E-state index contributed by atoms with van der Waals surface area (Å²) < 4.78 is 5.28. The van der Waals surface area contributed by atoms with Crippen molar-refractivity contribution in [3.8, 4) is 0 Å². The highest BCUT2D eigenvalue weighted by Gasteiger charge is 2.15. The molecule has 0 bridgehead atoms. The highest BCUT2D eigenvalue weighted by atomic mass is 16.4. The van der Waals surface area contributed by atoms with Crippen LogP contribution in [-0.2, 0) is 6.54 Å². The first-order valence-corrected chi connectivity index (χ1v) is 6.27. The maximum Gasteiger partial charge on any atom is 0.339 e. The minimum atomic E-state index is -1.04. The van der Waals surface area contributed by atoms with Crippen LogP contribution in [0, 0.1) is 6.92 Å². The molecule has 0 fully saturated rings. The third kappa shape index (κ3) is 4.58. The summed E-state index contributed by atoms with van der Waals surface area (Å²) in [5, 5.41) is 11.6. The van der Waals surface area contributed by atoms with Crippen LogP contribution in [0.5, 0.6) is 0 Å². The maximum absolute atomic E-state index is 11.8. The number of hydrogen-bond donors (Lipinski definition) is 2. The summed E-state index contributed by atoms with van der Waals surface area (Å²) in [4.78, 5) is 26.2. The molecule has 7 nitrogen and oxygen atoms in total. The first-order chi connectivity index (χ1) is 9.31. The molecule has 1 aromatic rings. The van der Waals surface area contributed by atoms with Gasteiger partial charge in [-0.3, -0.25) is 0 Å². The normalized spacial score (nSPS) is 10.7. The number of nitrogens with one attached hydrogen (secondary N) is 1. The van der Waals surface area contributed by atoms with Crippen molar-refractivity contribution in [3.05, 3.63) is 23.2 Å². The first kappa shape index (κ1) is 16.0. The monoisotopic (exact) mass is 283 g/mol. The highest BCUT2D eigenvalue weighted by Crippen LogP contribution is 2.14. The van der Waals surface area contributed by atoms with Crippen LogP contribution in [0.4, 0.5) is 4.79 Å². The average Bonchev–Trinajstić information content (AvgIpc) is 2.74. The van der Waals surface area contributed by atoms with E-state index in [1.807, 2.05) is 19.0 Å². The number of aromatic carboxylic acids is 1. The Kier molecular flexibility index (Phi) is 5.57. The molecule has 7 heteroatoms. The maximum atomic E-state index is 11.8. The van der Waals surface area contributed by atoms with Crippen LogP contribution in [-0.4, -0.2) is 61.1 Å². The lowest BCUT2D eigenvalue weighted by molar-refractivity contribution is 0.0695. The Labute approximate surface area is 118 Å². The molecule has 0 atom stereocenters. The van der Waals surface area contributed by atoms with E-state index in [2.05, 4.69) is 5.32 Å². The summed E-state index contributed by atoms with van der Waals surface area (Å²) >= 11 is 0. The van der Waals surface area contributed by atoms with E-state index in [0.29, 0.717) is 18.1 Å². The van der Waals surface area contributed by atoms with Crippen LogP contribution >= 0.6 is 0 Å². The second-order valence-electron chi connectivity index (χ2n) is 4.87. The second-order valence-corrected chi connectivity index (χ2v) is 4.87. The van der Waals surface area contributed by atoms with Gasteiger partial charge in [-0.05, 0) is 27.1 Å². The minimum Gasteiger partial charge on any atom is -0.478 e. The van der Waals surface area contributed by atoms with Crippen molar-refractivity contribution < 1.29 is 19.1 Å². The van der Waals surface area contributed by atoms with Gasteiger partial charge in [0.15, 0.2) is 0 Å². The number of hydrogen-bond acceptors (Lipinski definition) is 4. The van der Waals surface area contributed by atoms with Gasteiger partial charge < -0.3 is 24.6 Å². The molecule has 0 radical (unpaired) electrons. The fourth-order valence-corrected chi connectivity index (χ4v) is 1.59. The number of carbonyl (C=O) groups excluding carboxylic acids is 1. The number of nitrogens with zero attached hydrogens (tertiary/aromatic N) is 2. The van der Waals surface area contributed by atoms with Crippen LogP contribution in [0.15, 0.2) is 10.5 Å². The van der Waals surface area contributed by atoms with Crippen molar-refractivity contribution >= 4 is 12.0 Å². The van der Waals surface area contributed by atoms with Crippen molar-refractivity contribution in [1.82, 2.24) is 15.1 Å². The van der Waals surface area contributed by atoms with Crippen LogP contribution < -0.4 is 5.32 Å². The molecule has 0 saturated heterocycles. The Hall–Kier alpha value is -2.02. The van der Waals surface area contributed by atoms with Gasteiger partial charge in [0.2, 0.25) is 0 Å². The Balaban J connectivity index is 2.48. The fourth-order valence-electron chi connectivity index (χ4n) is 1.59. The van der Waals surface area contributed by atoms with Gasteiger partial charge in [0.25, 0.3) is 0 Å². The van der Waals surface area contributed by atoms with Gasteiger partial charge >= 0.3 is 12.0 Å². The van der Waals surface area contributed by atoms with Crippen LogP contribution in [0.3, 0.4) is 0 Å². The van der Waals surface area contributed by atoms with Crippen LogP contribution in [0.2, 0.25) is 0 Å². The number of aryl methyl sites for hydroxylation is 1. The third-order valence-electron chi connectivity index (χ3n) is 2.84. The highest BCUT2D eigenvalue weighted by molar-refractivity contribution is 5.88. The first-order valence-electron chi connectivity index (χ1n) is 6.27. The fraction of sp³-hybridized carbons (Fsp3) is 0.538. The molecule has 1 rings (SSSR count). The minimum absolute atomic E-state index is 0.121. The molecular formula is C13H21N3O4. The van der Waals surface area contributed by atoms with Crippen molar-refractivity contribution in [2.75, 3.05) is 34.2 Å². The molecule has 112 valence electrons. The van der Waals surface area contributed by atoms with Crippen molar-refractivity contribution in [1.29, 1.82) is 0 Å². The average molecular weight is 283 g/mol. The molecule has 0 aromatic carbocycles. The van der Waals surface area contributed by atoms with Crippen LogP contribution in [0.1, 0.15) is 21.9 Å². The Morgan fingerprint density at radius 2 is 1.95 bits per heavy atom. The summed E-state index contributed by atoms with van der Waals surface area (Å²) in [6, 6.07) is 1.20. The Morgan fingerprint density at radius 1 is 1.30 bits per heavy atom. The molecule has 20 heavy (non-hydrogen) atoms. The van der Waals surface area contributed by atoms with Gasteiger partial charge in [0.05, 0.1) is 6.54 Å². The number of amides is 2. The van der Waals surface area contributed by atoms with Crippen molar-refractivity contribution in [2.24, 2.45) is 0 Å². The van der Waals surface area contributed by atoms with Gasteiger partial charge in [0, 0.05) is 20.1 Å². The summed E-state index contributed by atoms with van der Waals surface area (Å²) in [6.45, 7) is 3.13. The lowest BCUT2D eigenvalue weighted by Crippen LogP contribution is -2.40. The van der Waals surface area contributed by atoms with E-state index in [4.69, 9.17) is 9.52 Å². The molecule has 0 aliphatic rings. The molecule has 0 aliphatic carbocycles. The number of furan rings is 1. The van der Waals surface area contributed by atoms with Gasteiger partial charge in [-0.15, -0.1) is 0 Å². The molecule has 0 spiro atoms. The van der Waals surface area contributed by atoms with E-state index in [9.17, 15) is 9.59 Å². The second kappa shape index (κ2) is 6.95. The number of carbonyl (C=O) groups is 2. The van der Waals surface area contributed by atoms with Gasteiger partial charge in [-0.2, -0.15) is 0 Å². The number of carboxylic acids is 1. The molecular weight excluding hydrogens is 262 g/mol. The van der Waals surface area contributed by atoms with Gasteiger partial charge in [0.1, 0.15) is 17.1 Å². The molecule has 0 unspecified atom stereocenters. The Bertz CT molecular complexity index is 482. The van der Waals surface area contributed by atoms with E-state index < -0.39 is 5.97 Å². The predicted molar refractivity (Wildman–Crippen MR) is 73.8 cm³/mol. The largest absolute Gasteiger partial charge is 0.478 e. The zero-order valence-electron chi connectivity index (χ0n) is 12.3. The molecule has 1 heterocycles. The zero-order valence-corrected chi connectivity index (χ0v) is 12.3. The van der Waals surface area contributed by atoms with E-state index in [-0.39, 0.29) is 18.1 Å². The number of carboxylic acid groups (broad SMARTS) is 1. The molecule has 1 aromatic heterocycles. The lowest BCUT2D eigenvalue weighted by atomic mass is 10.2. The molecule has 2 amide bonds. The summed E-state index contributed by atoms with van der Waals surface area (Å²) in [6.07, 6.45) is 0. The summed E-state index contributed by atoms with van der Waals surface area (Å²) in [5.41, 5.74) is 0.121. The van der Waals surface area contributed by atoms with E-state index >= 15 is 0 Å². The van der Waals surface area contributed by atoms with Crippen molar-refractivity contribution in [2.45, 2.75) is 13.5 Å². The zero-order chi connectivity index (χ0) is 15.3. The van der Waals surface area contributed by atoms with E-state index in [1.165, 1.54) is 6.07 Å². The lowest BCUT2D eigenvalue weighted by Gasteiger charge is -2.19. The summed E-state index contributed by atoms with van der Waals surface area (Å²) in [7, 11) is 5.57. The topological polar surface area (TPSA) is 86.0 Å². The summed E-state index contributed by atoms with van der Waals surface area (Å²) in [5.74, 6) is -0.274. The smallest absolute Gasteiger partial charge is 0.339 e. The van der Waals surface area contributed by atoms with Gasteiger partial charge in [-0.1, -0.05) is 0 Å². The standard InChI is InChI=1S/C13H21N3O4/c1-9-11(12(17)18)7-10(20-9)8-14-13(19)16(4)6-5-15(2)3/h7H,5-6,8H2,1-4H3,(H,14,19)(H,17,18). The quantitative estimate of drug-likeness (QED) is 0.813. The van der Waals surface area contributed by atoms with Crippen molar-refractivity contribution in [3.63, 3.8) is 0 Å². The molecule has 2 N–H and O–H groups in total.